The number of methoxy groups -OCH3 is 1. The molecule has 1 aliphatic rings. The Bertz CT molecular complexity index is 1380. The van der Waals surface area contributed by atoms with Gasteiger partial charge in [-0.2, -0.15) is 9.97 Å². The number of fused-ring (bicyclic) bond motifs is 1. The number of nitrogens with zero attached hydrogens (tertiary/aromatic N) is 4. The van der Waals surface area contributed by atoms with Crippen LogP contribution in [-0.2, 0) is 39.8 Å². The maximum absolute atomic E-state index is 12.0. The molecule has 0 saturated carbocycles. The zero-order valence-electron chi connectivity index (χ0n) is 22.4. The second-order valence-electron chi connectivity index (χ2n) is 8.94. The Morgan fingerprint density at radius 1 is 1.05 bits per heavy atom. The lowest BCUT2D eigenvalue weighted by Gasteiger charge is -2.23. The fourth-order valence-corrected chi connectivity index (χ4v) is 4.50. The minimum absolute atomic E-state index is 0.0138. The summed E-state index contributed by atoms with van der Waals surface area (Å²) >= 11 is 6.38. The van der Waals surface area contributed by atoms with Crippen LogP contribution in [0.4, 0.5) is 0 Å². The number of hydrogen-bond acceptors (Lipinski definition) is 12. The van der Waals surface area contributed by atoms with E-state index < -0.39 is 42.4 Å². The molecule has 3 aromatic rings. The highest BCUT2D eigenvalue weighted by Crippen LogP contribution is 2.36. The summed E-state index contributed by atoms with van der Waals surface area (Å²) in [6.45, 7) is 3.72. The molecule has 3 heterocycles. The van der Waals surface area contributed by atoms with Crippen LogP contribution >= 0.6 is 11.6 Å². The quantitative estimate of drug-likeness (QED) is 0.143. The van der Waals surface area contributed by atoms with Crippen molar-refractivity contribution in [2.24, 2.45) is 0 Å². The number of esters is 3. The zero-order chi connectivity index (χ0) is 28.8. The van der Waals surface area contributed by atoms with Crippen molar-refractivity contribution >= 4 is 40.7 Å². The van der Waals surface area contributed by atoms with Gasteiger partial charge < -0.3 is 28.4 Å². The van der Waals surface area contributed by atoms with E-state index in [0.717, 1.165) is 17.7 Å². The summed E-state index contributed by atoms with van der Waals surface area (Å²) < 4.78 is 34.6. The normalized spacial score (nSPS) is 20.2. The number of imidazole rings is 1. The second-order valence-corrected chi connectivity index (χ2v) is 9.30. The van der Waals surface area contributed by atoms with Gasteiger partial charge in [-0.25, -0.2) is 4.98 Å². The van der Waals surface area contributed by atoms with E-state index in [4.69, 9.17) is 40.0 Å². The van der Waals surface area contributed by atoms with Crippen molar-refractivity contribution in [3.05, 3.63) is 41.3 Å². The molecular weight excluding hydrogens is 548 g/mol. The number of benzene rings is 1. The van der Waals surface area contributed by atoms with E-state index >= 15 is 0 Å². The molecule has 4 unspecified atom stereocenters. The second kappa shape index (κ2) is 12.9. The molecule has 1 saturated heterocycles. The highest BCUT2D eigenvalue weighted by molar-refractivity contribution is 6.33. The largest absolute Gasteiger partial charge is 0.497 e. The molecule has 214 valence electrons. The molecule has 0 amide bonds. The van der Waals surface area contributed by atoms with Gasteiger partial charge in [-0.05, 0) is 30.5 Å². The Morgan fingerprint density at radius 3 is 2.50 bits per heavy atom. The van der Waals surface area contributed by atoms with Crippen LogP contribution in [0.2, 0.25) is 5.15 Å². The minimum atomic E-state index is -1.11. The maximum Gasteiger partial charge on any atom is 0.319 e. The summed E-state index contributed by atoms with van der Waals surface area (Å²) in [5, 5.41) is 0.0431. The Hall–Kier alpha value is -3.97. The summed E-state index contributed by atoms with van der Waals surface area (Å²) in [6, 6.07) is 7.77. The first kappa shape index (κ1) is 29.0. The Kier molecular flexibility index (Phi) is 9.38. The molecule has 0 N–H and O–H groups in total. The number of rotatable bonds is 11. The van der Waals surface area contributed by atoms with Gasteiger partial charge in [-0.3, -0.25) is 19.0 Å². The Balaban J connectivity index is 1.56. The van der Waals surface area contributed by atoms with Crippen LogP contribution in [0.25, 0.3) is 11.2 Å². The van der Waals surface area contributed by atoms with Crippen molar-refractivity contribution in [2.45, 2.75) is 58.2 Å². The number of halogens is 1. The first-order valence-corrected chi connectivity index (χ1v) is 12.8. The minimum Gasteiger partial charge on any atom is -0.497 e. The molecule has 0 spiro atoms. The highest BCUT2D eigenvalue weighted by Gasteiger charge is 2.51. The average molecular weight is 577 g/mol. The van der Waals surface area contributed by atoms with E-state index in [0.29, 0.717) is 13.0 Å². The number of carbonyl (C=O) groups excluding carboxylic acids is 3. The number of aromatic nitrogens is 4. The van der Waals surface area contributed by atoms with Gasteiger partial charge in [0, 0.05) is 20.8 Å². The van der Waals surface area contributed by atoms with Gasteiger partial charge in [0.25, 0.3) is 0 Å². The lowest BCUT2D eigenvalue weighted by atomic mass is 10.1. The van der Waals surface area contributed by atoms with Crippen molar-refractivity contribution < 1.29 is 42.8 Å². The predicted molar refractivity (Wildman–Crippen MR) is 139 cm³/mol. The zero-order valence-corrected chi connectivity index (χ0v) is 23.1. The van der Waals surface area contributed by atoms with Crippen molar-refractivity contribution in [3.8, 4) is 11.8 Å². The van der Waals surface area contributed by atoms with E-state index in [1.807, 2.05) is 24.3 Å². The molecule has 2 aromatic heterocycles. The monoisotopic (exact) mass is 576 g/mol. The van der Waals surface area contributed by atoms with Crippen molar-refractivity contribution in [2.75, 3.05) is 20.3 Å². The summed E-state index contributed by atoms with van der Waals surface area (Å²) in [5.74, 6) is -1.05. The fourth-order valence-electron chi connectivity index (χ4n) is 4.30. The molecule has 14 heteroatoms. The Labute approximate surface area is 234 Å². The van der Waals surface area contributed by atoms with Gasteiger partial charge in [0.05, 0.1) is 20.0 Å². The maximum atomic E-state index is 12.0. The van der Waals surface area contributed by atoms with Crippen LogP contribution in [-0.4, -0.2) is 76.1 Å². The molecule has 1 aliphatic heterocycles. The summed E-state index contributed by atoms with van der Waals surface area (Å²) in [4.78, 5) is 48.2. The predicted octanol–water partition coefficient (Wildman–Crippen LogP) is 2.82. The lowest BCUT2D eigenvalue weighted by molar-refractivity contribution is -0.166. The molecule has 1 aromatic carbocycles. The molecule has 0 radical (unpaired) electrons. The van der Waals surface area contributed by atoms with Crippen LogP contribution in [0.3, 0.4) is 0 Å². The number of ether oxygens (including phenoxy) is 6. The lowest BCUT2D eigenvalue weighted by Crippen LogP contribution is -2.40. The van der Waals surface area contributed by atoms with Crippen LogP contribution < -0.4 is 9.47 Å². The summed E-state index contributed by atoms with van der Waals surface area (Å²) in [5.41, 5.74) is 1.58. The number of aryl methyl sites for hydroxylation is 1. The average Bonchev–Trinajstić information content (AvgIpc) is 3.46. The van der Waals surface area contributed by atoms with E-state index in [9.17, 15) is 14.4 Å². The fraction of sp³-hybridized carbons (Fsp3) is 0.462. The molecule has 0 aliphatic carbocycles. The smallest absolute Gasteiger partial charge is 0.319 e. The van der Waals surface area contributed by atoms with Gasteiger partial charge in [0.15, 0.2) is 29.2 Å². The van der Waals surface area contributed by atoms with Gasteiger partial charge in [-0.1, -0.05) is 23.7 Å². The van der Waals surface area contributed by atoms with Crippen LogP contribution in [0, 0.1) is 0 Å². The Morgan fingerprint density at radius 2 is 1.80 bits per heavy atom. The molecule has 1 fully saturated rings. The van der Waals surface area contributed by atoms with Gasteiger partial charge in [-0.15, -0.1) is 0 Å². The molecule has 13 nitrogen and oxygen atoms in total. The standard InChI is InChI=1S/C26H29ClN4O9/c1-14(32)37-12-19-21(38-15(2)33)22(39-16(3)34)25(40-19)31-13-28-20-23(27)29-26(30-24(20)31)36-10-6-8-17-7-5-9-18(11-17)35-4/h5,7,9,11,13,19,21-22,25H,6,8,10,12H2,1-4H3. The first-order chi connectivity index (χ1) is 19.2. The van der Waals surface area contributed by atoms with Crippen LogP contribution in [0.1, 0.15) is 39.0 Å². The van der Waals surface area contributed by atoms with Crippen molar-refractivity contribution in [1.29, 1.82) is 0 Å². The van der Waals surface area contributed by atoms with E-state index in [-0.39, 0.29) is 28.9 Å². The third-order valence-electron chi connectivity index (χ3n) is 5.95. The molecule has 0 bridgehead atoms. The molecular formula is C26H29ClN4O9. The summed E-state index contributed by atoms with van der Waals surface area (Å²) in [6.07, 6.45) is -1.37. The van der Waals surface area contributed by atoms with Gasteiger partial charge in [0.2, 0.25) is 0 Å². The van der Waals surface area contributed by atoms with E-state index in [1.54, 1.807) is 7.11 Å². The van der Waals surface area contributed by atoms with Gasteiger partial charge in [0.1, 0.15) is 24.0 Å². The third-order valence-corrected chi connectivity index (χ3v) is 6.21. The van der Waals surface area contributed by atoms with Crippen molar-refractivity contribution in [3.63, 3.8) is 0 Å². The summed E-state index contributed by atoms with van der Waals surface area (Å²) in [7, 11) is 1.62. The third kappa shape index (κ3) is 6.96. The van der Waals surface area contributed by atoms with E-state index in [2.05, 4.69) is 15.0 Å². The number of carbonyl (C=O) groups is 3. The number of hydrogen-bond donors (Lipinski definition) is 0. The highest BCUT2D eigenvalue weighted by atomic mass is 35.5. The van der Waals surface area contributed by atoms with E-state index in [1.165, 1.54) is 31.7 Å². The molecule has 40 heavy (non-hydrogen) atoms. The van der Waals surface area contributed by atoms with Gasteiger partial charge >= 0.3 is 23.9 Å². The molecule has 4 atom stereocenters. The first-order valence-electron chi connectivity index (χ1n) is 12.4. The van der Waals surface area contributed by atoms with Crippen LogP contribution in [0.5, 0.6) is 11.8 Å². The molecule has 4 rings (SSSR count). The van der Waals surface area contributed by atoms with Crippen molar-refractivity contribution in [1.82, 2.24) is 19.5 Å². The topological polar surface area (TPSA) is 150 Å². The SMILES string of the molecule is COc1cccc(CCCOc2nc(Cl)c3ncn(C4OC(COC(C)=O)C(OC(C)=O)C4OC(C)=O)c3n2)c1. The van der Waals surface area contributed by atoms with Crippen LogP contribution in [0.15, 0.2) is 30.6 Å².